The first-order valence-corrected chi connectivity index (χ1v) is 4.86. The molecule has 0 aliphatic rings. The molecule has 0 unspecified atom stereocenters. The molecule has 1 amide bonds. The van der Waals surface area contributed by atoms with Crippen molar-refractivity contribution in [1.29, 1.82) is 0 Å². The van der Waals surface area contributed by atoms with Crippen LogP contribution in [0.2, 0.25) is 0 Å². The van der Waals surface area contributed by atoms with Gasteiger partial charge in [-0.1, -0.05) is 5.92 Å². The molecule has 1 N–H and O–H groups in total. The normalized spacial score (nSPS) is 10.6. The van der Waals surface area contributed by atoms with Gasteiger partial charge >= 0.3 is 11.9 Å². The van der Waals surface area contributed by atoms with Crippen molar-refractivity contribution < 1.29 is 19.4 Å². The standard InChI is InChI=1S/C11H17NO4/c1-5-7-16-8-6-12(11(2,3)4)9(13)10(14)15/h1H,6-8H2,2-4H3,(H,14,15). The molecule has 0 aliphatic carbocycles. The topological polar surface area (TPSA) is 66.8 Å². The van der Waals surface area contributed by atoms with E-state index in [0.717, 1.165) is 0 Å². The van der Waals surface area contributed by atoms with E-state index in [-0.39, 0.29) is 19.8 Å². The van der Waals surface area contributed by atoms with Crippen LogP contribution in [-0.4, -0.2) is 47.2 Å². The van der Waals surface area contributed by atoms with E-state index in [1.54, 1.807) is 20.8 Å². The number of carboxylic acids is 1. The van der Waals surface area contributed by atoms with E-state index in [1.807, 2.05) is 0 Å². The van der Waals surface area contributed by atoms with Gasteiger partial charge in [-0.3, -0.25) is 4.79 Å². The summed E-state index contributed by atoms with van der Waals surface area (Å²) in [6.45, 7) is 5.86. The summed E-state index contributed by atoms with van der Waals surface area (Å²) < 4.78 is 5.02. The average Bonchev–Trinajstić information content (AvgIpc) is 2.14. The fraction of sp³-hybridized carbons (Fsp3) is 0.636. The van der Waals surface area contributed by atoms with Crippen LogP contribution in [0, 0.1) is 12.3 Å². The quantitative estimate of drug-likeness (QED) is 0.427. The lowest BCUT2D eigenvalue weighted by Crippen LogP contribution is -2.50. The first kappa shape index (κ1) is 14.5. The van der Waals surface area contributed by atoms with Crippen molar-refractivity contribution in [3.8, 4) is 12.3 Å². The van der Waals surface area contributed by atoms with E-state index in [0.29, 0.717) is 0 Å². The molecule has 5 nitrogen and oxygen atoms in total. The van der Waals surface area contributed by atoms with Crippen LogP contribution in [0.5, 0.6) is 0 Å². The summed E-state index contributed by atoms with van der Waals surface area (Å²) in [4.78, 5) is 23.2. The van der Waals surface area contributed by atoms with E-state index in [1.165, 1.54) is 4.90 Å². The van der Waals surface area contributed by atoms with Gasteiger partial charge in [-0.25, -0.2) is 4.79 Å². The second kappa shape index (κ2) is 6.13. The molecule has 90 valence electrons. The lowest BCUT2D eigenvalue weighted by molar-refractivity contribution is -0.159. The number of hydrogen-bond acceptors (Lipinski definition) is 3. The molecule has 0 aromatic carbocycles. The molecule has 16 heavy (non-hydrogen) atoms. The Kier molecular flexibility index (Phi) is 5.54. The lowest BCUT2D eigenvalue weighted by atomic mass is 10.1. The minimum atomic E-state index is -1.47. The number of terminal acetylenes is 1. The van der Waals surface area contributed by atoms with Gasteiger partial charge in [0.2, 0.25) is 0 Å². The molecule has 0 bridgehead atoms. The number of carboxylic acid groups (broad SMARTS) is 1. The number of ether oxygens (including phenoxy) is 1. The molecule has 0 saturated carbocycles. The van der Waals surface area contributed by atoms with Crippen molar-refractivity contribution in [3.63, 3.8) is 0 Å². The maximum Gasteiger partial charge on any atom is 0.394 e. The lowest BCUT2D eigenvalue weighted by Gasteiger charge is -2.34. The number of carbonyl (C=O) groups is 2. The third-order valence-electron chi connectivity index (χ3n) is 1.88. The first-order valence-electron chi connectivity index (χ1n) is 4.86. The highest BCUT2D eigenvalue weighted by Crippen LogP contribution is 2.13. The first-order chi connectivity index (χ1) is 7.30. The Morgan fingerprint density at radius 1 is 1.44 bits per heavy atom. The molecule has 0 aromatic heterocycles. The van der Waals surface area contributed by atoms with Crippen molar-refractivity contribution >= 4 is 11.9 Å². The fourth-order valence-corrected chi connectivity index (χ4v) is 1.14. The van der Waals surface area contributed by atoms with Crippen LogP contribution in [0.4, 0.5) is 0 Å². The highest BCUT2D eigenvalue weighted by molar-refractivity contribution is 6.31. The van der Waals surface area contributed by atoms with Crippen molar-refractivity contribution in [2.24, 2.45) is 0 Å². The summed E-state index contributed by atoms with van der Waals surface area (Å²) in [6.07, 6.45) is 4.99. The minimum Gasteiger partial charge on any atom is -0.474 e. The van der Waals surface area contributed by atoms with Crippen LogP contribution in [-0.2, 0) is 14.3 Å². The smallest absolute Gasteiger partial charge is 0.394 e. The Morgan fingerprint density at radius 2 is 2.00 bits per heavy atom. The number of hydrogen-bond donors (Lipinski definition) is 1. The van der Waals surface area contributed by atoms with Crippen LogP contribution in [0.3, 0.4) is 0 Å². The summed E-state index contributed by atoms with van der Waals surface area (Å²) in [7, 11) is 0. The molecule has 0 aromatic rings. The molecule has 0 fully saturated rings. The van der Waals surface area contributed by atoms with Crippen molar-refractivity contribution in [3.05, 3.63) is 0 Å². The number of rotatable bonds is 4. The molecular formula is C11H17NO4. The zero-order valence-electron chi connectivity index (χ0n) is 9.82. The van der Waals surface area contributed by atoms with Crippen LogP contribution < -0.4 is 0 Å². The van der Waals surface area contributed by atoms with Gasteiger partial charge in [0.15, 0.2) is 0 Å². The fourth-order valence-electron chi connectivity index (χ4n) is 1.14. The van der Waals surface area contributed by atoms with Gasteiger partial charge in [-0.15, -0.1) is 6.42 Å². The van der Waals surface area contributed by atoms with Crippen LogP contribution in [0.15, 0.2) is 0 Å². The van der Waals surface area contributed by atoms with Gasteiger partial charge in [0.05, 0.1) is 6.61 Å². The number of nitrogens with zero attached hydrogens (tertiary/aromatic N) is 1. The van der Waals surface area contributed by atoms with Gasteiger partial charge < -0.3 is 14.7 Å². The predicted molar refractivity (Wildman–Crippen MR) is 58.8 cm³/mol. The predicted octanol–water partition coefficient (Wildman–Crippen LogP) is 0.348. The largest absolute Gasteiger partial charge is 0.474 e. The van der Waals surface area contributed by atoms with Crippen LogP contribution in [0.1, 0.15) is 20.8 Å². The SMILES string of the molecule is C#CCOCCN(C(=O)C(=O)O)C(C)(C)C. The molecular weight excluding hydrogens is 210 g/mol. The van der Waals surface area contributed by atoms with E-state index >= 15 is 0 Å². The highest BCUT2D eigenvalue weighted by Gasteiger charge is 2.30. The molecule has 0 heterocycles. The molecule has 0 atom stereocenters. The summed E-state index contributed by atoms with van der Waals surface area (Å²) in [5.74, 6) is -0.109. The molecule has 0 rings (SSSR count). The van der Waals surface area contributed by atoms with Crippen molar-refractivity contribution in [2.45, 2.75) is 26.3 Å². The summed E-state index contributed by atoms with van der Waals surface area (Å²) in [6, 6.07) is 0. The minimum absolute atomic E-state index is 0.152. The van der Waals surface area contributed by atoms with Gasteiger partial charge in [0.1, 0.15) is 6.61 Å². The summed E-state index contributed by atoms with van der Waals surface area (Å²) in [5.41, 5.74) is -0.561. The van der Waals surface area contributed by atoms with E-state index in [4.69, 9.17) is 16.3 Å². The number of carbonyl (C=O) groups excluding carboxylic acids is 1. The van der Waals surface area contributed by atoms with Gasteiger partial charge in [-0.05, 0) is 20.8 Å². The van der Waals surface area contributed by atoms with E-state index in [9.17, 15) is 9.59 Å². The summed E-state index contributed by atoms with van der Waals surface area (Å²) >= 11 is 0. The van der Waals surface area contributed by atoms with Crippen molar-refractivity contribution in [2.75, 3.05) is 19.8 Å². The second-order valence-corrected chi connectivity index (χ2v) is 4.19. The highest BCUT2D eigenvalue weighted by atomic mass is 16.5. The number of amides is 1. The average molecular weight is 227 g/mol. The Morgan fingerprint density at radius 3 is 2.38 bits per heavy atom. The molecule has 0 aliphatic heterocycles. The Balaban J connectivity index is 4.42. The monoisotopic (exact) mass is 227 g/mol. The maximum atomic E-state index is 11.4. The molecule has 5 heteroatoms. The molecule has 0 spiro atoms. The Hall–Kier alpha value is -1.54. The second-order valence-electron chi connectivity index (χ2n) is 4.19. The number of aliphatic carboxylic acids is 1. The van der Waals surface area contributed by atoms with Crippen LogP contribution >= 0.6 is 0 Å². The van der Waals surface area contributed by atoms with Crippen molar-refractivity contribution in [1.82, 2.24) is 4.90 Å². The van der Waals surface area contributed by atoms with Crippen LogP contribution in [0.25, 0.3) is 0 Å². The van der Waals surface area contributed by atoms with Gasteiger partial charge in [0, 0.05) is 12.1 Å². The summed E-state index contributed by atoms with van der Waals surface area (Å²) in [5, 5.41) is 8.65. The van der Waals surface area contributed by atoms with Gasteiger partial charge in [0.25, 0.3) is 0 Å². The third-order valence-corrected chi connectivity index (χ3v) is 1.88. The Bertz CT molecular complexity index is 298. The maximum absolute atomic E-state index is 11.4. The van der Waals surface area contributed by atoms with E-state index < -0.39 is 17.4 Å². The Labute approximate surface area is 95.4 Å². The zero-order chi connectivity index (χ0) is 12.8. The van der Waals surface area contributed by atoms with Gasteiger partial charge in [-0.2, -0.15) is 0 Å². The zero-order valence-corrected chi connectivity index (χ0v) is 9.82. The third kappa shape index (κ3) is 4.80. The molecule has 0 radical (unpaired) electrons. The molecule has 0 saturated heterocycles. The van der Waals surface area contributed by atoms with E-state index in [2.05, 4.69) is 5.92 Å².